The number of amides is 1. The van der Waals surface area contributed by atoms with Crippen LogP contribution in [0.1, 0.15) is 23.5 Å². The van der Waals surface area contributed by atoms with E-state index in [0.717, 1.165) is 0 Å². The van der Waals surface area contributed by atoms with Crippen LogP contribution in [-0.4, -0.2) is 17.3 Å². The SMILES string of the molecule is CC(C)(CCl)NC(=O)c1sccc1Cl. The van der Waals surface area contributed by atoms with Gasteiger partial charge in [0.2, 0.25) is 0 Å². The highest BCUT2D eigenvalue weighted by atomic mass is 35.5. The number of rotatable bonds is 3. The molecule has 2 nitrogen and oxygen atoms in total. The van der Waals surface area contributed by atoms with E-state index >= 15 is 0 Å². The topological polar surface area (TPSA) is 29.1 Å². The molecule has 1 aromatic heterocycles. The van der Waals surface area contributed by atoms with E-state index in [2.05, 4.69) is 5.32 Å². The highest BCUT2D eigenvalue weighted by Crippen LogP contribution is 2.22. The van der Waals surface area contributed by atoms with Crippen molar-refractivity contribution >= 4 is 40.4 Å². The third kappa shape index (κ3) is 2.87. The van der Waals surface area contributed by atoms with Crippen LogP contribution >= 0.6 is 34.5 Å². The fourth-order valence-corrected chi connectivity index (χ4v) is 1.96. The third-order valence-electron chi connectivity index (χ3n) is 1.61. The summed E-state index contributed by atoms with van der Waals surface area (Å²) in [6.45, 7) is 3.72. The van der Waals surface area contributed by atoms with E-state index in [4.69, 9.17) is 23.2 Å². The van der Waals surface area contributed by atoms with Crippen LogP contribution < -0.4 is 5.32 Å². The van der Waals surface area contributed by atoms with Crippen molar-refractivity contribution in [2.75, 3.05) is 5.88 Å². The van der Waals surface area contributed by atoms with Crippen LogP contribution in [0, 0.1) is 0 Å². The minimum Gasteiger partial charge on any atom is -0.345 e. The first kappa shape index (κ1) is 11.8. The van der Waals surface area contributed by atoms with Gasteiger partial charge in [0.15, 0.2) is 0 Å². The number of hydrogen-bond acceptors (Lipinski definition) is 2. The first-order valence-electron chi connectivity index (χ1n) is 4.08. The molecule has 0 aliphatic rings. The number of carbonyl (C=O) groups excluding carboxylic acids is 1. The summed E-state index contributed by atoms with van der Waals surface area (Å²) in [6, 6.07) is 1.70. The second kappa shape index (κ2) is 4.51. The maximum absolute atomic E-state index is 11.7. The lowest BCUT2D eigenvalue weighted by molar-refractivity contribution is 0.0925. The lowest BCUT2D eigenvalue weighted by Gasteiger charge is -2.22. The van der Waals surface area contributed by atoms with Crippen LogP contribution in [0.2, 0.25) is 5.02 Å². The lowest BCUT2D eigenvalue weighted by Crippen LogP contribution is -2.44. The summed E-state index contributed by atoms with van der Waals surface area (Å²) in [4.78, 5) is 12.2. The Morgan fingerprint density at radius 2 is 2.29 bits per heavy atom. The predicted octanol–water partition coefficient (Wildman–Crippen LogP) is 3.15. The summed E-state index contributed by atoms with van der Waals surface area (Å²) in [5.41, 5.74) is -0.411. The summed E-state index contributed by atoms with van der Waals surface area (Å²) >= 11 is 12.8. The molecule has 1 heterocycles. The molecule has 0 saturated heterocycles. The summed E-state index contributed by atoms with van der Waals surface area (Å²) in [7, 11) is 0. The second-order valence-corrected chi connectivity index (χ2v) is 5.16. The van der Waals surface area contributed by atoms with E-state index in [0.29, 0.717) is 15.8 Å². The van der Waals surface area contributed by atoms with Crippen molar-refractivity contribution in [2.24, 2.45) is 0 Å². The third-order valence-corrected chi connectivity index (χ3v) is 3.62. The molecule has 78 valence electrons. The fraction of sp³-hybridized carbons (Fsp3) is 0.444. The lowest BCUT2D eigenvalue weighted by atomic mass is 10.1. The second-order valence-electron chi connectivity index (χ2n) is 3.57. The van der Waals surface area contributed by atoms with Crippen LogP contribution in [0.15, 0.2) is 11.4 Å². The van der Waals surface area contributed by atoms with Crippen molar-refractivity contribution in [1.29, 1.82) is 0 Å². The summed E-state index contributed by atoms with van der Waals surface area (Å²) in [5.74, 6) is 0.192. The number of hydrogen-bond donors (Lipinski definition) is 1. The average molecular weight is 252 g/mol. The zero-order valence-electron chi connectivity index (χ0n) is 7.93. The molecule has 14 heavy (non-hydrogen) atoms. The normalized spacial score (nSPS) is 11.4. The molecule has 1 rings (SSSR count). The molecule has 0 unspecified atom stereocenters. The van der Waals surface area contributed by atoms with Gasteiger partial charge in [-0.15, -0.1) is 22.9 Å². The van der Waals surface area contributed by atoms with Crippen LogP contribution in [0.5, 0.6) is 0 Å². The molecule has 0 spiro atoms. The Bertz CT molecular complexity index is 335. The summed E-state index contributed by atoms with van der Waals surface area (Å²) in [5, 5.41) is 5.07. The van der Waals surface area contributed by atoms with Gasteiger partial charge in [0, 0.05) is 11.4 Å². The van der Waals surface area contributed by atoms with Gasteiger partial charge in [-0.25, -0.2) is 0 Å². The van der Waals surface area contributed by atoms with Gasteiger partial charge >= 0.3 is 0 Å². The zero-order chi connectivity index (χ0) is 10.8. The van der Waals surface area contributed by atoms with Crippen molar-refractivity contribution in [3.8, 4) is 0 Å². The molecule has 1 aromatic rings. The number of thiophene rings is 1. The Balaban J connectivity index is 2.73. The molecule has 0 radical (unpaired) electrons. The molecule has 0 bridgehead atoms. The number of alkyl halides is 1. The van der Waals surface area contributed by atoms with Crippen molar-refractivity contribution in [2.45, 2.75) is 19.4 Å². The monoisotopic (exact) mass is 251 g/mol. The maximum atomic E-state index is 11.7. The molecular formula is C9H11Cl2NOS. The maximum Gasteiger partial charge on any atom is 0.263 e. The van der Waals surface area contributed by atoms with Crippen molar-refractivity contribution in [1.82, 2.24) is 5.32 Å². The Morgan fingerprint density at radius 3 is 2.71 bits per heavy atom. The summed E-state index contributed by atoms with van der Waals surface area (Å²) < 4.78 is 0. The highest BCUT2D eigenvalue weighted by Gasteiger charge is 2.21. The minimum absolute atomic E-state index is 0.171. The van der Waals surface area contributed by atoms with Gasteiger partial charge in [-0.3, -0.25) is 4.79 Å². The van der Waals surface area contributed by atoms with E-state index in [9.17, 15) is 4.79 Å². The molecular weight excluding hydrogens is 241 g/mol. The first-order chi connectivity index (χ1) is 6.46. The van der Waals surface area contributed by atoms with Crippen LogP contribution in [0.25, 0.3) is 0 Å². The number of nitrogens with one attached hydrogen (secondary N) is 1. The molecule has 0 aliphatic heterocycles. The van der Waals surface area contributed by atoms with Gasteiger partial charge in [-0.05, 0) is 25.3 Å². The van der Waals surface area contributed by atoms with E-state index in [1.54, 1.807) is 11.4 Å². The molecule has 1 amide bonds. The van der Waals surface area contributed by atoms with Crippen molar-refractivity contribution < 1.29 is 4.79 Å². The number of carbonyl (C=O) groups is 1. The number of halogens is 2. The molecule has 0 fully saturated rings. The first-order valence-corrected chi connectivity index (χ1v) is 5.87. The van der Waals surface area contributed by atoms with Crippen LogP contribution in [0.4, 0.5) is 0 Å². The molecule has 1 N–H and O–H groups in total. The molecule has 0 aromatic carbocycles. The van der Waals surface area contributed by atoms with Gasteiger partial charge in [0.25, 0.3) is 5.91 Å². The summed E-state index contributed by atoms with van der Waals surface area (Å²) in [6.07, 6.45) is 0. The minimum atomic E-state index is -0.411. The molecule has 5 heteroatoms. The van der Waals surface area contributed by atoms with E-state index < -0.39 is 5.54 Å². The van der Waals surface area contributed by atoms with Crippen molar-refractivity contribution in [3.05, 3.63) is 21.3 Å². The fourth-order valence-electron chi connectivity index (χ4n) is 0.853. The Morgan fingerprint density at radius 1 is 1.64 bits per heavy atom. The van der Waals surface area contributed by atoms with E-state index in [1.165, 1.54) is 11.3 Å². The smallest absolute Gasteiger partial charge is 0.263 e. The van der Waals surface area contributed by atoms with Gasteiger partial charge in [0.1, 0.15) is 4.88 Å². The van der Waals surface area contributed by atoms with Gasteiger partial charge in [0.05, 0.1) is 5.02 Å². The van der Waals surface area contributed by atoms with Crippen molar-refractivity contribution in [3.63, 3.8) is 0 Å². The predicted molar refractivity (Wildman–Crippen MR) is 61.6 cm³/mol. The van der Waals surface area contributed by atoms with E-state index in [1.807, 2.05) is 13.8 Å². The zero-order valence-corrected chi connectivity index (χ0v) is 10.3. The Labute approximate surface area is 97.2 Å². The van der Waals surface area contributed by atoms with Gasteiger partial charge in [-0.1, -0.05) is 11.6 Å². The average Bonchev–Trinajstić information content (AvgIpc) is 2.51. The Hall–Kier alpha value is -0.250. The quantitative estimate of drug-likeness (QED) is 0.822. The largest absolute Gasteiger partial charge is 0.345 e. The standard InChI is InChI=1S/C9H11Cl2NOS/c1-9(2,5-10)12-8(13)7-6(11)3-4-14-7/h3-4H,5H2,1-2H3,(H,12,13). The highest BCUT2D eigenvalue weighted by molar-refractivity contribution is 7.12. The van der Waals surface area contributed by atoms with Crippen LogP contribution in [0.3, 0.4) is 0 Å². The molecule has 0 saturated carbocycles. The molecule has 0 atom stereocenters. The van der Waals surface area contributed by atoms with Gasteiger partial charge < -0.3 is 5.32 Å². The van der Waals surface area contributed by atoms with Crippen LogP contribution in [-0.2, 0) is 0 Å². The van der Waals surface area contributed by atoms with E-state index in [-0.39, 0.29) is 5.91 Å². The van der Waals surface area contributed by atoms with Gasteiger partial charge in [-0.2, -0.15) is 0 Å². The Kier molecular flexibility index (Phi) is 3.81. The molecule has 0 aliphatic carbocycles.